The van der Waals surface area contributed by atoms with Crippen LogP contribution in [0.15, 0.2) is 24.3 Å². The van der Waals surface area contributed by atoms with Crippen molar-refractivity contribution in [2.24, 2.45) is 7.05 Å². The number of hydrogen-bond acceptors (Lipinski definition) is 3. The summed E-state index contributed by atoms with van der Waals surface area (Å²) in [5, 5.41) is 0.950. The van der Waals surface area contributed by atoms with E-state index >= 15 is 0 Å². The lowest BCUT2D eigenvalue weighted by atomic mass is 10.2. The Morgan fingerprint density at radius 1 is 1.50 bits per heavy atom. The fourth-order valence-corrected chi connectivity index (χ4v) is 1.85. The number of para-hydroxylation sites is 1. The Morgan fingerprint density at radius 2 is 2.25 bits per heavy atom. The highest BCUT2D eigenvalue weighted by atomic mass is 16.5. The van der Waals surface area contributed by atoms with Crippen LogP contribution in [0.2, 0.25) is 0 Å². The summed E-state index contributed by atoms with van der Waals surface area (Å²) < 4.78 is 6.74. The third-order valence-corrected chi connectivity index (χ3v) is 2.57. The Morgan fingerprint density at radius 3 is 2.88 bits per heavy atom. The molecule has 2 aromatic rings. The zero-order valence-electron chi connectivity index (χ0n) is 9.36. The summed E-state index contributed by atoms with van der Waals surface area (Å²) >= 11 is 0. The van der Waals surface area contributed by atoms with E-state index in [2.05, 4.69) is 0 Å². The number of benzene rings is 1. The number of fused-ring (bicyclic) bond motifs is 1. The molecular weight excluding hydrogens is 204 g/mol. The first kappa shape index (κ1) is 10.5. The molecule has 0 aliphatic rings. The number of anilines is 1. The lowest BCUT2D eigenvalue weighted by Crippen LogP contribution is -2.09. The van der Waals surface area contributed by atoms with Crippen LogP contribution in [0.3, 0.4) is 0 Å². The Labute approximate surface area is 93.6 Å². The lowest BCUT2D eigenvalue weighted by Gasteiger charge is -2.04. The molecule has 1 heterocycles. The van der Waals surface area contributed by atoms with E-state index in [0.717, 1.165) is 10.9 Å². The highest BCUT2D eigenvalue weighted by molar-refractivity contribution is 5.99. The van der Waals surface area contributed by atoms with Gasteiger partial charge < -0.3 is 15.0 Å². The Bertz CT molecular complexity index is 543. The first-order chi connectivity index (χ1) is 7.65. The van der Waals surface area contributed by atoms with Crippen molar-refractivity contribution in [3.8, 4) is 0 Å². The van der Waals surface area contributed by atoms with E-state index in [0.29, 0.717) is 18.0 Å². The maximum Gasteiger partial charge on any atom is 0.354 e. The van der Waals surface area contributed by atoms with Crippen molar-refractivity contribution in [2.75, 3.05) is 12.3 Å². The van der Waals surface area contributed by atoms with Gasteiger partial charge in [0.2, 0.25) is 0 Å². The van der Waals surface area contributed by atoms with Crippen molar-refractivity contribution in [3.63, 3.8) is 0 Å². The van der Waals surface area contributed by atoms with Gasteiger partial charge in [-0.3, -0.25) is 0 Å². The van der Waals surface area contributed by atoms with Gasteiger partial charge in [0.05, 0.1) is 17.8 Å². The zero-order valence-corrected chi connectivity index (χ0v) is 9.36. The number of aryl methyl sites for hydroxylation is 1. The topological polar surface area (TPSA) is 57.2 Å². The van der Waals surface area contributed by atoms with Crippen molar-refractivity contribution < 1.29 is 9.53 Å². The number of ether oxygens (including phenoxy) is 1. The number of aromatic nitrogens is 1. The molecule has 84 valence electrons. The van der Waals surface area contributed by atoms with E-state index in [1.165, 1.54) is 0 Å². The molecule has 1 aromatic heterocycles. The molecular formula is C12H14N2O2. The minimum Gasteiger partial charge on any atom is -0.461 e. The molecule has 0 saturated heterocycles. The average molecular weight is 218 g/mol. The third kappa shape index (κ3) is 1.52. The van der Waals surface area contributed by atoms with E-state index in [1.807, 2.05) is 25.2 Å². The number of hydrogen-bond donors (Lipinski definition) is 1. The summed E-state index contributed by atoms with van der Waals surface area (Å²) in [5.74, 6) is -0.319. The average Bonchev–Trinajstić information content (AvgIpc) is 2.58. The maximum absolute atomic E-state index is 11.7. The standard InChI is InChI=1S/C12H14N2O2/c1-3-16-12(15)10-7-8-5-4-6-9(13)11(8)14(10)2/h4-7H,3,13H2,1-2H3. The number of nitrogens with two attached hydrogens (primary N) is 1. The number of rotatable bonds is 2. The van der Waals surface area contributed by atoms with Gasteiger partial charge in [-0.15, -0.1) is 0 Å². The van der Waals surface area contributed by atoms with E-state index < -0.39 is 0 Å². The second-order valence-corrected chi connectivity index (χ2v) is 3.59. The van der Waals surface area contributed by atoms with Gasteiger partial charge in [0, 0.05) is 12.4 Å². The predicted octanol–water partition coefficient (Wildman–Crippen LogP) is 1.94. The van der Waals surface area contributed by atoms with Crippen molar-refractivity contribution in [3.05, 3.63) is 30.0 Å². The summed E-state index contributed by atoms with van der Waals surface area (Å²) in [6, 6.07) is 7.40. The fraction of sp³-hybridized carbons (Fsp3) is 0.250. The fourth-order valence-electron chi connectivity index (χ4n) is 1.85. The predicted molar refractivity (Wildman–Crippen MR) is 63.3 cm³/mol. The lowest BCUT2D eigenvalue weighted by molar-refractivity contribution is 0.0516. The van der Waals surface area contributed by atoms with Crippen LogP contribution in [0.5, 0.6) is 0 Å². The van der Waals surface area contributed by atoms with E-state index in [1.54, 1.807) is 17.6 Å². The smallest absolute Gasteiger partial charge is 0.354 e. The molecule has 0 atom stereocenters. The van der Waals surface area contributed by atoms with E-state index in [-0.39, 0.29) is 5.97 Å². The van der Waals surface area contributed by atoms with Crippen molar-refractivity contribution >= 4 is 22.6 Å². The minimum atomic E-state index is -0.319. The van der Waals surface area contributed by atoms with Crippen LogP contribution < -0.4 is 5.73 Å². The quantitative estimate of drug-likeness (QED) is 0.619. The molecule has 4 nitrogen and oxygen atoms in total. The number of nitrogens with zero attached hydrogens (tertiary/aromatic N) is 1. The summed E-state index contributed by atoms with van der Waals surface area (Å²) in [4.78, 5) is 11.7. The number of carbonyl (C=O) groups is 1. The second kappa shape index (κ2) is 3.89. The molecule has 16 heavy (non-hydrogen) atoms. The van der Waals surface area contributed by atoms with Crippen LogP contribution in [0, 0.1) is 0 Å². The molecule has 0 fully saturated rings. The first-order valence-corrected chi connectivity index (χ1v) is 5.16. The van der Waals surface area contributed by atoms with E-state index in [4.69, 9.17) is 10.5 Å². The van der Waals surface area contributed by atoms with Crippen LogP contribution in [-0.2, 0) is 11.8 Å². The highest BCUT2D eigenvalue weighted by Gasteiger charge is 2.15. The van der Waals surface area contributed by atoms with E-state index in [9.17, 15) is 4.79 Å². The van der Waals surface area contributed by atoms with Crippen molar-refractivity contribution in [1.29, 1.82) is 0 Å². The van der Waals surface area contributed by atoms with Gasteiger partial charge in [0.25, 0.3) is 0 Å². The molecule has 0 amide bonds. The zero-order chi connectivity index (χ0) is 11.7. The molecule has 0 bridgehead atoms. The summed E-state index contributed by atoms with van der Waals surface area (Å²) in [6.45, 7) is 2.16. The van der Waals surface area contributed by atoms with Gasteiger partial charge in [-0.25, -0.2) is 4.79 Å². The number of nitrogen functional groups attached to an aromatic ring is 1. The minimum absolute atomic E-state index is 0.319. The Kier molecular flexibility index (Phi) is 2.56. The third-order valence-electron chi connectivity index (χ3n) is 2.57. The van der Waals surface area contributed by atoms with Crippen LogP contribution in [0.25, 0.3) is 10.9 Å². The largest absolute Gasteiger partial charge is 0.461 e. The maximum atomic E-state index is 11.7. The SMILES string of the molecule is CCOC(=O)c1cc2cccc(N)c2n1C. The molecule has 0 aliphatic heterocycles. The Hall–Kier alpha value is -1.97. The van der Waals surface area contributed by atoms with Gasteiger partial charge in [0.15, 0.2) is 0 Å². The summed E-state index contributed by atoms with van der Waals surface area (Å²) in [5.41, 5.74) is 7.92. The van der Waals surface area contributed by atoms with Crippen LogP contribution in [0.4, 0.5) is 5.69 Å². The molecule has 0 saturated carbocycles. The molecule has 2 N–H and O–H groups in total. The summed E-state index contributed by atoms with van der Waals surface area (Å²) in [6.07, 6.45) is 0. The molecule has 0 aliphatic carbocycles. The van der Waals surface area contributed by atoms with Gasteiger partial charge >= 0.3 is 5.97 Å². The van der Waals surface area contributed by atoms with Gasteiger partial charge in [-0.1, -0.05) is 12.1 Å². The Balaban J connectivity index is 2.61. The molecule has 4 heteroatoms. The van der Waals surface area contributed by atoms with Gasteiger partial charge in [-0.2, -0.15) is 0 Å². The van der Waals surface area contributed by atoms with Crippen LogP contribution in [0.1, 0.15) is 17.4 Å². The normalized spacial score (nSPS) is 10.6. The van der Waals surface area contributed by atoms with Gasteiger partial charge in [0.1, 0.15) is 5.69 Å². The number of esters is 1. The molecule has 1 aromatic carbocycles. The highest BCUT2D eigenvalue weighted by Crippen LogP contribution is 2.24. The first-order valence-electron chi connectivity index (χ1n) is 5.16. The van der Waals surface area contributed by atoms with Crippen molar-refractivity contribution in [1.82, 2.24) is 4.57 Å². The molecule has 0 unspecified atom stereocenters. The molecule has 0 radical (unpaired) electrons. The van der Waals surface area contributed by atoms with Crippen molar-refractivity contribution in [2.45, 2.75) is 6.92 Å². The monoisotopic (exact) mass is 218 g/mol. The molecule has 0 spiro atoms. The molecule has 2 rings (SSSR count). The van der Waals surface area contributed by atoms with Crippen LogP contribution >= 0.6 is 0 Å². The van der Waals surface area contributed by atoms with Crippen LogP contribution in [-0.4, -0.2) is 17.1 Å². The number of carbonyl (C=O) groups excluding carboxylic acids is 1. The second-order valence-electron chi connectivity index (χ2n) is 3.59. The van der Waals surface area contributed by atoms with Gasteiger partial charge in [-0.05, 0) is 19.1 Å². The summed E-state index contributed by atoms with van der Waals surface area (Å²) in [7, 11) is 1.81.